The van der Waals surface area contributed by atoms with Gasteiger partial charge in [-0.2, -0.15) is 0 Å². The molecular weight excluding hydrogens is 172 g/mol. The minimum atomic E-state index is -2.36. The molecular formula is C10H11F2N. The minimum Gasteiger partial charge on any atom is -0.310 e. The summed E-state index contributed by atoms with van der Waals surface area (Å²) in [5, 5.41) is 3.18. The fourth-order valence-corrected chi connectivity index (χ4v) is 1.48. The molecule has 1 atom stereocenters. The predicted octanol–water partition coefficient (Wildman–Crippen LogP) is 2.66. The van der Waals surface area contributed by atoms with Crippen molar-refractivity contribution in [2.24, 2.45) is 0 Å². The maximum absolute atomic E-state index is 12.3. The Morgan fingerprint density at radius 2 is 2.15 bits per heavy atom. The fourth-order valence-electron chi connectivity index (χ4n) is 1.48. The zero-order valence-electron chi connectivity index (χ0n) is 7.13. The van der Waals surface area contributed by atoms with E-state index in [1.165, 1.54) is 6.07 Å². The molecule has 0 amide bonds. The van der Waals surface area contributed by atoms with Crippen molar-refractivity contribution >= 4 is 0 Å². The van der Waals surface area contributed by atoms with E-state index in [-0.39, 0.29) is 5.56 Å². The molecule has 0 bridgehead atoms. The smallest absolute Gasteiger partial charge is 0.263 e. The Hall–Kier alpha value is -0.960. The molecule has 70 valence electrons. The van der Waals surface area contributed by atoms with E-state index in [0.29, 0.717) is 6.04 Å². The Morgan fingerprint density at radius 3 is 2.69 bits per heavy atom. The molecule has 0 aromatic heterocycles. The van der Waals surface area contributed by atoms with E-state index in [4.69, 9.17) is 0 Å². The Morgan fingerprint density at radius 1 is 1.38 bits per heavy atom. The molecule has 1 aromatic carbocycles. The van der Waals surface area contributed by atoms with Crippen LogP contribution in [0, 0.1) is 0 Å². The Bertz CT molecular complexity index is 295. The van der Waals surface area contributed by atoms with Gasteiger partial charge in [0.15, 0.2) is 0 Å². The van der Waals surface area contributed by atoms with Gasteiger partial charge < -0.3 is 5.32 Å². The van der Waals surface area contributed by atoms with E-state index in [0.717, 1.165) is 18.5 Å². The Kier molecular flexibility index (Phi) is 2.27. The second-order valence-electron chi connectivity index (χ2n) is 3.27. The molecule has 0 aliphatic carbocycles. The lowest BCUT2D eigenvalue weighted by molar-refractivity contribution is 0.151. The number of halogens is 2. The molecule has 0 radical (unpaired) electrons. The fraction of sp³-hybridized carbons (Fsp3) is 0.400. The number of hydrogen-bond donors (Lipinski definition) is 1. The largest absolute Gasteiger partial charge is 0.310 e. The second-order valence-corrected chi connectivity index (χ2v) is 3.27. The Labute approximate surface area is 75.8 Å². The molecule has 13 heavy (non-hydrogen) atoms. The molecule has 1 fully saturated rings. The third kappa shape index (κ3) is 1.70. The zero-order chi connectivity index (χ0) is 9.26. The number of nitrogens with one attached hydrogen (secondary N) is 1. The lowest BCUT2D eigenvalue weighted by Gasteiger charge is -2.28. The van der Waals surface area contributed by atoms with Crippen LogP contribution in [0.1, 0.15) is 30.0 Å². The van der Waals surface area contributed by atoms with Gasteiger partial charge in [0.2, 0.25) is 0 Å². The lowest BCUT2D eigenvalue weighted by Crippen LogP contribution is -2.34. The SMILES string of the molecule is FC(F)c1cccc([C@H]2CCN2)c1. The van der Waals surface area contributed by atoms with Crippen molar-refractivity contribution in [2.75, 3.05) is 6.54 Å². The van der Waals surface area contributed by atoms with E-state index in [2.05, 4.69) is 5.32 Å². The number of alkyl halides is 2. The van der Waals surface area contributed by atoms with E-state index >= 15 is 0 Å². The second kappa shape index (κ2) is 3.42. The van der Waals surface area contributed by atoms with Gasteiger partial charge in [-0.15, -0.1) is 0 Å². The van der Waals surface area contributed by atoms with Crippen LogP contribution in [0.3, 0.4) is 0 Å². The van der Waals surface area contributed by atoms with Crippen LogP contribution < -0.4 is 5.32 Å². The zero-order valence-corrected chi connectivity index (χ0v) is 7.13. The molecule has 0 spiro atoms. The summed E-state index contributed by atoms with van der Waals surface area (Å²) in [5.74, 6) is 0. The summed E-state index contributed by atoms with van der Waals surface area (Å²) >= 11 is 0. The molecule has 0 unspecified atom stereocenters. The highest BCUT2D eigenvalue weighted by molar-refractivity contribution is 5.27. The van der Waals surface area contributed by atoms with E-state index < -0.39 is 6.43 Å². The highest BCUT2D eigenvalue weighted by Gasteiger charge is 2.19. The van der Waals surface area contributed by atoms with Crippen molar-refractivity contribution < 1.29 is 8.78 Å². The van der Waals surface area contributed by atoms with E-state index in [1.54, 1.807) is 12.1 Å². The molecule has 1 aromatic rings. The third-order valence-corrected chi connectivity index (χ3v) is 2.39. The highest BCUT2D eigenvalue weighted by atomic mass is 19.3. The third-order valence-electron chi connectivity index (χ3n) is 2.39. The normalized spacial score (nSPS) is 21.6. The van der Waals surface area contributed by atoms with Crippen LogP contribution in [-0.4, -0.2) is 6.54 Å². The molecule has 0 saturated carbocycles. The van der Waals surface area contributed by atoms with Gasteiger partial charge in [-0.05, 0) is 24.6 Å². The summed E-state index contributed by atoms with van der Waals surface area (Å²) in [4.78, 5) is 0. The summed E-state index contributed by atoms with van der Waals surface area (Å²) in [6, 6.07) is 6.92. The quantitative estimate of drug-likeness (QED) is 0.743. The standard InChI is InChI=1S/C10H11F2N/c11-10(12)8-3-1-2-7(6-8)9-4-5-13-9/h1-3,6,9-10,13H,4-5H2/t9-/m1/s1. The molecule has 2 rings (SSSR count). The molecule has 1 aliphatic heterocycles. The first-order chi connectivity index (χ1) is 6.27. The van der Waals surface area contributed by atoms with Gasteiger partial charge in [-0.25, -0.2) is 8.78 Å². The van der Waals surface area contributed by atoms with Gasteiger partial charge in [0.25, 0.3) is 6.43 Å². The van der Waals surface area contributed by atoms with Gasteiger partial charge in [0.1, 0.15) is 0 Å². The summed E-state index contributed by atoms with van der Waals surface area (Å²) in [6.07, 6.45) is -1.31. The first kappa shape index (κ1) is 8.63. The van der Waals surface area contributed by atoms with Crippen LogP contribution in [0.4, 0.5) is 8.78 Å². The van der Waals surface area contributed by atoms with E-state index in [1.807, 2.05) is 6.07 Å². The molecule has 3 heteroatoms. The van der Waals surface area contributed by atoms with Gasteiger partial charge in [-0.1, -0.05) is 18.2 Å². The van der Waals surface area contributed by atoms with Crippen LogP contribution in [0.15, 0.2) is 24.3 Å². The van der Waals surface area contributed by atoms with E-state index in [9.17, 15) is 8.78 Å². The number of benzene rings is 1. The average molecular weight is 183 g/mol. The van der Waals surface area contributed by atoms with Gasteiger partial charge >= 0.3 is 0 Å². The van der Waals surface area contributed by atoms with Crippen molar-refractivity contribution in [3.8, 4) is 0 Å². The molecule has 1 saturated heterocycles. The van der Waals surface area contributed by atoms with Crippen LogP contribution in [0.2, 0.25) is 0 Å². The minimum absolute atomic E-state index is 0.117. The lowest BCUT2D eigenvalue weighted by atomic mass is 9.96. The van der Waals surface area contributed by atoms with Crippen LogP contribution >= 0.6 is 0 Å². The molecule has 1 N–H and O–H groups in total. The number of rotatable bonds is 2. The van der Waals surface area contributed by atoms with Gasteiger partial charge in [0.05, 0.1) is 0 Å². The predicted molar refractivity (Wildman–Crippen MR) is 46.8 cm³/mol. The van der Waals surface area contributed by atoms with Gasteiger partial charge in [-0.3, -0.25) is 0 Å². The van der Waals surface area contributed by atoms with Crippen molar-refractivity contribution in [1.82, 2.24) is 5.32 Å². The molecule has 1 nitrogen and oxygen atoms in total. The highest BCUT2D eigenvalue weighted by Crippen LogP contribution is 2.26. The van der Waals surface area contributed by atoms with Crippen molar-refractivity contribution in [3.05, 3.63) is 35.4 Å². The maximum atomic E-state index is 12.3. The first-order valence-corrected chi connectivity index (χ1v) is 4.39. The molecule has 1 heterocycles. The van der Waals surface area contributed by atoms with Crippen LogP contribution in [0.5, 0.6) is 0 Å². The van der Waals surface area contributed by atoms with Crippen molar-refractivity contribution in [2.45, 2.75) is 18.9 Å². The first-order valence-electron chi connectivity index (χ1n) is 4.39. The van der Waals surface area contributed by atoms with Crippen molar-refractivity contribution in [1.29, 1.82) is 0 Å². The summed E-state index contributed by atoms with van der Waals surface area (Å²) in [6.45, 7) is 0.990. The number of hydrogen-bond acceptors (Lipinski definition) is 1. The summed E-state index contributed by atoms with van der Waals surface area (Å²) in [7, 11) is 0. The maximum Gasteiger partial charge on any atom is 0.263 e. The topological polar surface area (TPSA) is 12.0 Å². The van der Waals surface area contributed by atoms with Crippen molar-refractivity contribution in [3.63, 3.8) is 0 Å². The van der Waals surface area contributed by atoms with Crippen LogP contribution in [0.25, 0.3) is 0 Å². The van der Waals surface area contributed by atoms with Gasteiger partial charge in [0, 0.05) is 11.6 Å². The van der Waals surface area contributed by atoms with Crippen LogP contribution in [-0.2, 0) is 0 Å². The summed E-state index contributed by atoms with van der Waals surface area (Å²) in [5.41, 5.74) is 1.09. The monoisotopic (exact) mass is 183 g/mol. The Balaban J connectivity index is 2.21. The average Bonchev–Trinajstić information content (AvgIpc) is 2.01. The molecule has 1 aliphatic rings. The summed E-state index contributed by atoms with van der Waals surface area (Å²) < 4.78 is 24.6.